The van der Waals surface area contributed by atoms with Crippen molar-refractivity contribution >= 4 is 11.9 Å². The number of urea groups is 1. The molecule has 2 aliphatic rings. The highest BCUT2D eigenvalue weighted by Crippen LogP contribution is 2.17. The molecule has 3 amide bonds. The molecule has 1 heterocycles. The van der Waals surface area contributed by atoms with Gasteiger partial charge in [0.05, 0.1) is 0 Å². The molecule has 1 fully saturated rings. The van der Waals surface area contributed by atoms with Crippen LogP contribution in [0.1, 0.15) is 31.2 Å². The summed E-state index contributed by atoms with van der Waals surface area (Å²) in [7, 11) is 0. The van der Waals surface area contributed by atoms with Crippen LogP contribution in [0.5, 0.6) is 0 Å². The molecule has 1 aromatic carbocycles. The minimum atomic E-state index is -0.133. The molecule has 25 heavy (non-hydrogen) atoms. The number of benzene rings is 1. The Kier molecular flexibility index (Phi) is 6.09. The van der Waals surface area contributed by atoms with E-state index in [9.17, 15) is 9.59 Å². The second kappa shape index (κ2) is 8.70. The third-order valence-electron chi connectivity index (χ3n) is 4.93. The summed E-state index contributed by atoms with van der Waals surface area (Å²) in [6, 6.07) is 10.2. The molecule has 0 radical (unpaired) electrons. The molecule has 2 unspecified atom stereocenters. The Labute approximate surface area is 149 Å². The van der Waals surface area contributed by atoms with E-state index < -0.39 is 0 Å². The molecule has 1 saturated heterocycles. The number of nitrogens with one attached hydrogen (secondary N) is 2. The lowest BCUT2D eigenvalue weighted by molar-refractivity contribution is -0.127. The van der Waals surface area contributed by atoms with E-state index in [1.807, 2.05) is 23.1 Å². The standard InChI is InChI=1S/C20H27N3O2/c24-19-13-17(14-21-20(25)22-18-9-5-2-6-10-18)15-23(19)12-11-16-7-3-1-4-8-16/h1,3-5,7-9,17-18H,2,6,10-15H2,(H2,21,22,25). The van der Waals surface area contributed by atoms with Crippen molar-refractivity contribution in [1.29, 1.82) is 0 Å². The van der Waals surface area contributed by atoms with Gasteiger partial charge in [0.1, 0.15) is 0 Å². The van der Waals surface area contributed by atoms with Gasteiger partial charge in [0.2, 0.25) is 5.91 Å². The van der Waals surface area contributed by atoms with Crippen LogP contribution in [0.15, 0.2) is 42.5 Å². The van der Waals surface area contributed by atoms with Gasteiger partial charge in [-0.3, -0.25) is 4.79 Å². The van der Waals surface area contributed by atoms with Gasteiger partial charge in [0.25, 0.3) is 0 Å². The van der Waals surface area contributed by atoms with Crippen molar-refractivity contribution in [2.45, 2.75) is 38.1 Å². The second-order valence-corrected chi connectivity index (χ2v) is 6.97. The monoisotopic (exact) mass is 341 g/mol. The zero-order valence-electron chi connectivity index (χ0n) is 14.6. The Balaban J connectivity index is 1.37. The SMILES string of the molecule is O=C(NCC1CC(=O)N(CCc2ccccc2)C1)NC1C=CCCC1. The highest BCUT2D eigenvalue weighted by molar-refractivity contribution is 5.79. The summed E-state index contributed by atoms with van der Waals surface area (Å²) in [5, 5.41) is 5.90. The molecule has 3 rings (SSSR count). The van der Waals surface area contributed by atoms with Gasteiger partial charge in [-0.2, -0.15) is 0 Å². The molecule has 1 aliphatic heterocycles. The van der Waals surface area contributed by atoms with Gasteiger partial charge in [0.15, 0.2) is 0 Å². The van der Waals surface area contributed by atoms with Crippen molar-refractivity contribution in [1.82, 2.24) is 15.5 Å². The van der Waals surface area contributed by atoms with Gasteiger partial charge in [-0.05, 0) is 31.2 Å². The lowest BCUT2D eigenvalue weighted by atomic mass is 10.0. The number of rotatable bonds is 6. The zero-order valence-corrected chi connectivity index (χ0v) is 14.6. The van der Waals surface area contributed by atoms with E-state index in [1.165, 1.54) is 5.56 Å². The second-order valence-electron chi connectivity index (χ2n) is 6.97. The first-order chi connectivity index (χ1) is 12.2. The summed E-state index contributed by atoms with van der Waals surface area (Å²) in [5.74, 6) is 0.397. The van der Waals surface area contributed by atoms with Gasteiger partial charge >= 0.3 is 6.03 Å². The normalized spacial score (nSPS) is 22.9. The number of carbonyl (C=O) groups is 2. The van der Waals surface area contributed by atoms with Crippen LogP contribution in [0.25, 0.3) is 0 Å². The predicted molar refractivity (Wildman–Crippen MR) is 98.1 cm³/mol. The zero-order chi connectivity index (χ0) is 17.5. The molecule has 1 aliphatic carbocycles. The third-order valence-corrected chi connectivity index (χ3v) is 4.93. The smallest absolute Gasteiger partial charge is 0.315 e. The quantitative estimate of drug-likeness (QED) is 0.781. The van der Waals surface area contributed by atoms with Crippen LogP contribution in [0.4, 0.5) is 4.79 Å². The van der Waals surface area contributed by atoms with Crippen LogP contribution in [-0.2, 0) is 11.2 Å². The predicted octanol–water partition coefficient (Wildman–Crippen LogP) is 2.49. The van der Waals surface area contributed by atoms with E-state index in [0.717, 1.165) is 38.8 Å². The highest BCUT2D eigenvalue weighted by atomic mass is 16.2. The van der Waals surface area contributed by atoms with E-state index in [-0.39, 0.29) is 23.9 Å². The van der Waals surface area contributed by atoms with Gasteiger partial charge in [-0.15, -0.1) is 0 Å². The molecule has 1 aromatic rings. The number of likely N-dealkylation sites (tertiary alicyclic amines) is 1. The summed E-state index contributed by atoms with van der Waals surface area (Å²) in [5.41, 5.74) is 1.25. The Morgan fingerprint density at radius 1 is 1.24 bits per heavy atom. The minimum Gasteiger partial charge on any atom is -0.342 e. The topological polar surface area (TPSA) is 61.4 Å². The Morgan fingerprint density at radius 3 is 2.84 bits per heavy atom. The van der Waals surface area contributed by atoms with Crippen LogP contribution >= 0.6 is 0 Å². The number of allylic oxidation sites excluding steroid dienone is 1. The number of nitrogens with zero attached hydrogens (tertiary/aromatic N) is 1. The molecule has 0 aromatic heterocycles. The molecule has 0 spiro atoms. The van der Waals surface area contributed by atoms with Crippen LogP contribution in [-0.4, -0.2) is 42.5 Å². The largest absolute Gasteiger partial charge is 0.342 e. The Bertz CT molecular complexity index is 615. The maximum Gasteiger partial charge on any atom is 0.315 e. The molecular formula is C20H27N3O2. The van der Waals surface area contributed by atoms with Crippen LogP contribution in [0.3, 0.4) is 0 Å². The van der Waals surface area contributed by atoms with Crippen LogP contribution < -0.4 is 10.6 Å². The highest BCUT2D eigenvalue weighted by Gasteiger charge is 2.29. The van der Waals surface area contributed by atoms with Gasteiger partial charge in [-0.25, -0.2) is 4.79 Å². The van der Waals surface area contributed by atoms with Gasteiger partial charge in [-0.1, -0.05) is 42.5 Å². The number of carbonyl (C=O) groups excluding carboxylic acids is 2. The van der Waals surface area contributed by atoms with Gasteiger partial charge < -0.3 is 15.5 Å². The maximum absolute atomic E-state index is 12.2. The number of hydrogen-bond donors (Lipinski definition) is 2. The van der Waals surface area contributed by atoms with E-state index in [0.29, 0.717) is 13.0 Å². The summed E-state index contributed by atoms with van der Waals surface area (Å²) >= 11 is 0. The van der Waals surface area contributed by atoms with Crippen LogP contribution in [0.2, 0.25) is 0 Å². The number of amides is 3. The van der Waals surface area contributed by atoms with E-state index >= 15 is 0 Å². The van der Waals surface area contributed by atoms with Crippen molar-refractivity contribution in [3.63, 3.8) is 0 Å². The molecule has 0 bridgehead atoms. The average molecular weight is 341 g/mol. The fourth-order valence-corrected chi connectivity index (χ4v) is 3.50. The van der Waals surface area contributed by atoms with Crippen molar-refractivity contribution in [2.24, 2.45) is 5.92 Å². The van der Waals surface area contributed by atoms with Crippen molar-refractivity contribution in [3.05, 3.63) is 48.0 Å². The molecular weight excluding hydrogens is 314 g/mol. The first-order valence-corrected chi connectivity index (χ1v) is 9.23. The van der Waals surface area contributed by atoms with E-state index in [4.69, 9.17) is 0 Å². The molecule has 0 saturated carbocycles. The van der Waals surface area contributed by atoms with E-state index in [2.05, 4.69) is 34.9 Å². The molecule has 2 atom stereocenters. The first kappa shape index (κ1) is 17.5. The summed E-state index contributed by atoms with van der Waals surface area (Å²) < 4.78 is 0. The fraction of sp³-hybridized carbons (Fsp3) is 0.500. The lowest BCUT2D eigenvalue weighted by Crippen LogP contribution is -2.43. The summed E-state index contributed by atoms with van der Waals surface area (Å²) in [4.78, 5) is 26.1. The van der Waals surface area contributed by atoms with Crippen LogP contribution in [0, 0.1) is 5.92 Å². The van der Waals surface area contributed by atoms with Crippen molar-refractivity contribution in [2.75, 3.05) is 19.6 Å². The lowest BCUT2D eigenvalue weighted by Gasteiger charge is -2.19. The van der Waals surface area contributed by atoms with E-state index in [1.54, 1.807) is 0 Å². The first-order valence-electron chi connectivity index (χ1n) is 9.23. The Hall–Kier alpha value is -2.30. The van der Waals surface area contributed by atoms with Crippen molar-refractivity contribution in [3.8, 4) is 0 Å². The minimum absolute atomic E-state index is 0.133. The third kappa shape index (κ3) is 5.34. The summed E-state index contributed by atoms with van der Waals surface area (Å²) in [6.07, 6.45) is 8.80. The molecule has 2 N–H and O–H groups in total. The van der Waals surface area contributed by atoms with Gasteiger partial charge in [0, 0.05) is 38.0 Å². The average Bonchev–Trinajstić information content (AvgIpc) is 3.00. The maximum atomic E-state index is 12.2. The Morgan fingerprint density at radius 2 is 2.08 bits per heavy atom. The molecule has 134 valence electrons. The molecule has 5 heteroatoms. The van der Waals surface area contributed by atoms with Crippen molar-refractivity contribution < 1.29 is 9.59 Å². The summed E-state index contributed by atoms with van der Waals surface area (Å²) in [6.45, 7) is 2.03. The fourth-order valence-electron chi connectivity index (χ4n) is 3.50. The number of hydrogen-bond acceptors (Lipinski definition) is 2. The molecule has 5 nitrogen and oxygen atoms in total.